The third kappa shape index (κ3) is 4.48. The predicted molar refractivity (Wildman–Crippen MR) is 112 cm³/mol. The molecule has 1 saturated heterocycles. The van der Waals surface area contributed by atoms with E-state index in [0.29, 0.717) is 35.3 Å². The number of rotatable bonds is 5. The fourth-order valence-corrected chi connectivity index (χ4v) is 4.29. The Labute approximate surface area is 178 Å². The molecular formula is C20H25N5O4S. The van der Waals surface area contributed by atoms with Crippen molar-refractivity contribution in [1.82, 2.24) is 20.4 Å². The van der Waals surface area contributed by atoms with Crippen LogP contribution in [0.5, 0.6) is 11.5 Å². The van der Waals surface area contributed by atoms with Crippen molar-refractivity contribution >= 4 is 29.0 Å². The van der Waals surface area contributed by atoms with Gasteiger partial charge in [0.05, 0.1) is 0 Å². The maximum Gasteiger partial charge on any atom is 0.317 e. The zero-order valence-corrected chi connectivity index (χ0v) is 17.8. The van der Waals surface area contributed by atoms with Gasteiger partial charge in [0.2, 0.25) is 11.8 Å². The molecule has 2 aromatic rings. The summed E-state index contributed by atoms with van der Waals surface area (Å²) in [6, 6.07) is 5.40. The average molecular weight is 432 g/mol. The highest BCUT2D eigenvalue weighted by molar-refractivity contribution is 7.13. The average Bonchev–Trinajstić information content (AvgIpc) is 3.43. The molecule has 0 spiro atoms. The number of benzene rings is 1. The van der Waals surface area contributed by atoms with E-state index in [1.54, 1.807) is 18.2 Å². The first kappa shape index (κ1) is 20.4. The van der Waals surface area contributed by atoms with Gasteiger partial charge in [-0.15, -0.1) is 10.2 Å². The van der Waals surface area contributed by atoms with Gasteiger partial charge >= 0.3 is 6.03 Å². The van der Waals surface area contributed by atoms with Gasteiger partial charge in [-0.3, -0.25) is 4.79 Å². The summed E-state index contributed by atoms with van der Waals surface area (Å²) in [5.74, 6) is 1.18. The summed E-state index contributed by atoms with van der Waals surface area (Å²) in [7, 11) is 0. The summed E-state index contributed by atoms with van der Waals surface area (Å²) in [5, 5.41) is 15.3. The number of carbonyl (C=O) groups is 2. The van der Waals surface area contributed by atoms with Crippen molar-refractivity contribution in [3.8, 4) is 11.5 Å². The molecule has 30 heavy (non-hydrogen) atoms. The Morgan fingerprint density at radius 1 is 1.23 bits per heavy atom. The second-order valence-corrected chi connectivity index (χ2v) is 8.50. The van der Waals surface area contributed by atoms with Crippen LogP contribution in [-0.2, 0) is 0 Å². The van der Waals surface area contributed by atoms with Crippen molar-refractivity contribution in [3.05, 3.63) is 28.2 Å². The largest absolute Gasteiger partial charge is 0.454 e. The summed E-state index contributed by atoms with van der Waals surface area (Å²) >= 11 is 1.31. The minimum absolute atomic E-state index is 0.0103. The molecule has 2 aliphatic rings. The number of anilines is 1. The van der Waals surface area contributed by atoms with Gasteiger partial charge in [0.25, 0.3) is 5.91 Å². The van der Waals surface area contributed by atoms with Crippen molar-refractivity contribution in [2.45, 2.75) is 45.1 Å². The van der Waals surface area contributed by atoms with Crippen LogP contribution in [0.2, 0.25) is 0 Å². The first-order valence-electron chi connectivity index (χ1n) is 10.1. The molecule has 1 fully saturated rings. The summed E-state index contributed by atoms with van der Waals surface area (Å²) in [6.07, 6.45) is 2.53. The fraction of sp³-hybridized carbons (Fsp3) is 0.500. The molecule has 0 bridgehead atoms. The van der Waals surface area contributed by atoms with Crippen molar-refractivity contribution in [2.75, 3.05) is 25.2 Å². The predicted octanol–water partition coefficient (Wildman–Crippen LogP) is 3.21. The third-order valence-corrected chi connectivity index (χ3v) is 6.46. The van der Waals surface area contributed by atoms with Gasteiger partial charge in [0.15, 0.2) is 11.5 Å². The van der Waals surface area contributed by atoms with E-state index in [0.717, 1.165) is 24.3 Å². The maximum atomic E-state index is 12.5. The molecule has 0 radical (unpaired) electrons. The fourth-order valence-electron chi connectivity index (χ4n) is 3.38. The van der Waals surface area contributed by atoms with Crippen molar-refractivity contribution in [1.29, 1.82) is 0 Å². The molecule has 2 aliphatic heterocycles. The molecule has 0 saturated carbocycles. The number of fused-ring (bicyclic) bond motifs is 1. The van der Waals surface area contributed by atoms with Crippen LogP contribution in [0, 0.1) is 0 Å². The number of aromatic nitrogens is 2. The van der Waals surface area contributed by atoms with Crippen molar-refractivity contribution in [3.63, 3.8) is 0 Å². The quantitative estimate of drug-likeness (QED) is 0.753. The van der Waals surface area contributed by atoms with E-state index in [9.17, 15) is 9.59 Å². The van der Waals surface area contributed by atoms with E-state index < -0.39 is 0 Å². The maximum absolute atomic E-state index is 12.5. The highest BCUT2D eigenvalue weighted by atomic mass is 32.1. The van der Waals surface area contributed by atoms with Crippen LogP contribution in [-0.4, -0.2) is 53.0 Å². The van der Waals surface area contributed by atoms with E-state index in [2.05, 4.69) is 20.8 Å². The lowest BCUT2D eigenvalue weighted by Gasteiger charge is -2.31. The number of carbonyl (C=O) groups excluding carboxylic acids is 2. The molecule has 1 atom stereocenters. The molecule has 4 rings (SSSR count). The summed E-state index contributed by atoms with van der Waals surface area (Å²) in [6.45, 7) is 5.58. The van der Waals surface area contributed by atoms with E-state index in [1.165, 1.54) is 11.3 Å². The minimum atomic E-state index is -0.303. The lowest BCUT2D eigenvalue weighted by atomic mass is 9.98. The number of nitrogens with zero attached hydrogens (tertiary/aromatic N) is 3. The Kier molecular flexibility index (Phi) is 6.03. The Morgan fingerprint density at radius 3 is 2.77 bits per heavy atom. The molecule has 1 aromatic heterocycles. The Bertz CT molecular complexity index is 926. The molecule has 3 heterocycles. The van der Waals surface area contributed by atoms with Crippen molar-refractivity contribution in [2.24, 2.45) is 0 Å². The van der Waals surface area contributed by atoms with Gasteiger partial charge in [0.1, 0.15) is 5.01 Å². The van der Waals surface area contributed by atoms with E-state index in [4.69, 9.17) is 9.47 Å². The number of likely N-dealkylation sites (tertiary alicyclic amines) is 1. The normalized spacial score (nSPS) is 16.9. The lowest BCUT2D eigenvalue weighted by molar-refractivity contribution is 0.102. The van der Waals surface area contributed by atoms with Crippen LogP contribution in [0.15, 0.2) is 18.2 Å². The van der Waals surface area contributed by atoms with Gasteiger partial charge in [-0.05, 0) is 38.3 Å². The monoisotopic (exact) mass is 431 g/mol. The van der Waals surface area contributed by atoms with E-state index >= 15 is 0 Å². The van der Waals surface area contributed by atoms with E-state index in [1.807, 2.05) is 18.7 Å². The zero-order chi connectivity index (χ0) is 21.1. The van der Waals surface area contributed by atoms with Gasteiger partial charge in [-0.2, -0.15) is 0 Å². The molecule has 1 aromatic carbocycles. The molecule has 3 amide bonds. The first-order chi connectivity index (χ1) is 14.5. The highest BCUT2D eigenvalue weighted by Gasteiger charge is 2.27. The van der Waals surface area contributed by atoms with Gasteiger partial charge in [0, 0.05) is 36.8 Å². The van der Waals surface area contributed by atoms with E-state index in [-0.39, 0.29) is 30.7 Å². The first-order valence-corrected chi connectivity index (χ1v) is 10.9. The summed E-state index contributed by atoms with van der Waals surface area (Å²) in [5.41, 5.74) is 0.613. The minimum Gasteiger partial charge on any atom is -0.454 e. The van der Waals surface area contributed by atoms with Crippen LogP contribution >= 0.6 is 11.3 Å². The van der Waals surface area contributed by atoms with Gasteiger partial charge in [-0.25, -0.2) is 4.79 Å². The number of ether oxygens (including phenoxy) is 2. The Morgan fingerprint density at radius 2 is 2.00 bits per heavy atom. The number of amides is 3. The highest BCUT2D eigenvalue weighted by Crippen LogP contribution is 2.35. The molecule has 10 heteroatoms. The summed E-state index contributed by atoms with van der Waals surface area (Å²) in [4.78, 5) is 26.7. The number of urea groups is 1. The molecule has 160 valence electrons. The Balaban J connectivity index is 1.32. The van der Waals surface area contributed by atoms with Crippen molar-refractivity contribution < 1.29 is 19.1 Å². The van der Waals surface area contributed by atoms with Gasteiger partial charge < -0.3 is 25.0 Å². The molecule has 0 aliphatic carbocycles. The second kappa shape index (κ2) is 8.86. The Hall–Kier alpha value is -2.88. The van der Waals surface area contributed by atoms with Gasteiger partial charge in [-0.1, -0.05) is 18.3 Å². The second-order valence-electron chi connectivity index (χ2n) is 7.49. The molecular weight excluding hydrogens is 406 g/mol. The van der Waals surface area contributed by atoms with Crippen LogP contribution < -0.4 is 20.1 Å². The smallest absolute Gasteiger partial charge is 0.317 e. The summed E-state index contributed by atoms with van der Waals surface area (Å²) < 4.78 is 10.6. The number of hydrogen-bond acceptors (Lipinski definition) is 7. The molecule has 0 unspecified atom stereocenters. The third-order valence-electron chi connectivity index (χ3n) is 5.38. The zero-order valence-electron chi connectivity index (χ0n) is 17.0. The number of piperidine rings is 1. The number of nitrogens with one attached hydrogen (secondary N) is 2. The van der Waals surface area contributed by atoms with Crippen LogP contribution in [0.1, 0.15) is 53.8 Å². The van der Waals surface area contributed by atoms with Crippen LogP contribution in [0.25, 0.3) is 0 Å². The molecule has 2 N–H and O–H groups in total. The molecule has 9 nitrogen and oxygen atoms in total. The SMILES string of the molecule is CC[C@@H](C)NC(=O)N1CCC(c2nnc(C(=O)Nc3ccc4c(c3)OCO4)s2)CC1. The standard InChI is InChI=1S/C20H25N5O4S/c1-3-12(2)21-20(27)25-8-6-13(7-9-25)18-23-24-19(30-18)17(26)22-14-4-5-15-16(10-14)29-11-28-15/h4-5,10,12-13H,3,6-9,11H2,1-2H3,(H,21,27)(H,22,26)/t12-/m1/s1. The topological polar surface area (TPSA) is 106 Å². The van der Waals surface area contributed by atoms with Crippen LogP contribution in [0.4, 0.5) is 10.5 Å². The number of hydrogen-bond donors (Lipinski definition) is 2. The van der Waals surface area contributed by atoms with Crippen LogP contribution in [0.3, 0.4) is 0 Å². The lowest BCUT2D eigenvalue weighted by Crippen LogP contribution is -2.46.